The van der Waals surface area contributed by atoms with E-state index in [0.717, 1.165) is 12.0 Å². The van der Waals surface area contributed by atoms with Crippen LogP contribution in [0.15, 0.2) is 30.3 Å². The summed E-state index contributed by atoms with van der Waals surface area (Å²) in [5.74, 6) is 0.186. The van der Waals surface area contributed by atoms with E-state index < -0.39 is 0 Å². The molecule has 0 saturated carbocycles. The van der Waals surface area contributed by atoms with E-state index in [2.05, 4.69) is 19.2 Å². The minimum Gasteiger partial charge on any atom is -0.396 e. The number of hydrogen-bond donors (Lipinski definition) is 2. The summed E-state index contributed by atoms with van der Waals surface area (Å²) in [6.45, 7) is 8.18. The molecule has 2 unspecified atom stereocenters. The molecule has 2 atom stereocenters. The van der Waals surface area contributed by atoms with Crippen LogP contribution >= 0.6 is 0 Å². The van der Waals surface area contributed by atoms with Gasteiger partial charge in [-0.1, -0.05) is 50.6 Å². The van der Waals surface area contributed by atoms with Gasteiger partial charge in [-0.15, -0.1) is 0 Å². The Balaban J connectivity index is 2.92. The average molecular weight is 277 g/mol. The van der Waals surface area contributed by atoms with Gasteiger partial charge in [0.2, 0.25) is 5.91 Å². The maximum Gasteiger partial charge on any atom is 0.228 e. The second kappa shape index (κ2) is 7.44. The van der Waals surface area contributed by atoms with E-state index >= 15 is 0 Å². The molecule has 1 aromatic carbocycles. The third-order valence-electron chi connectivity index (χ3n) is 3.85. The third kappa shape index (κ3) is 4.64. The SMILES string of the molecule is CCC(C)C(C(=O)NC(C)(C)CCO)c1ccccc1. The first-order valence-electron chi connectivity index (χ1n) is 7.39. The van der Waals surface area contributed by atoms with E-state index in [9.17, 15) is 4.79 Å². The summed E-state index contributed by atoms with van der Waals surface area (Å²) in [4.78, 5) is 12.6. The maximum atomic E-state index is 12.6. The van der Waals surface area contributed by atoms with Gasteiger partial charge in [-0.25, -0.2) is 0 Å². The van der Waals surface area contributed by atoms with Gasteiger partial charge in [0.1, 0.15) is 0 Å². The predicted molar refractivity (Wildman–Crippen MR) is 82.6 cm³/mol. The van der Waals surface area contributed by atoms with Crippen molar-refractivity contribution in [3.63, 3.8) is 0 Å². The number of nitrogens with one attached hydrogen (secondary N) is 1. The number of benzene rings is 1. The van der Waals surface area contributed by atoms with E-state index in [1.54, 1.807) is 0 Å². The monoisotopic (exact) mass is 277 g/mol. The number of amides is 1. The molecule has 1 aromatic rings. The van der Waals surface area contributed by atoms with Crippen LogP contribution in [0.5, 0.6) is 0 Å². The van der Waals surface area contributed by atoms with Crippen LogP contribution in [0.1, 0.15) is 52.0 Å². The molecule has 0 aliphatic carbocycles. The molecule has 112 valence electrons. The van der Waals surface area contributed by atoms with Gasteiger partial charge >= 0.3 is 0 Å². The minimum atomic E-state index is -0.383. The fourth-order valence-corrected chi connectivity index (χ4v) is 2.39. The molecule has 0 bridgehead atoms. The Morgan fingerprint density at radius 1 is 1.30 bits per heavy atom. The van der Waals surface area contributed by atoms with Gasteiger partial charge in [0, 0.05) is 12.1 Å². The Kier molecular flexibility index (Phi) is 6.21. The molecule has 2 N–H and O–H groups in total. The van der Waals surface area contributed by atoms with Gasteiger partial charge in [-0.05, 0) is 31.7 Å². The lowest BCUT2D eigenvalue weighted by molar-refractivity contribution is -0.125. The molecular weight excluding hydrogens is 250 g/mol. The Hall–Kier alpha value is -1.35. The van der Waals surface area contributed by atoms with Crippen molar-refractivity contribution < 1.29 is 9.90 Å². The number of hydrogen-bond acceptors (Lipinski definition) is 2. The molecule has 3 heteroatoms. The second-order valence-corrected chi connectivity index (χ2v) is 6.12. The number of aliphatic hydroxyl groups is 1. The molecule has 0 aliphatic heterocycles. The molecule has 0 aromatic heterocycles. The zero-order valence-electron chi connectivity index (χ0n) is 13.0. The summed E-state index contributed by atoms with van der Waals surface area (Å²) in [6, 6.07) is 9.92. The molecule has 3 nitrogen and oxygen atoms in total. The zero-order valence-corrected chi connectivity index (χ0v) is 13.0. The quantitative estimate of drug-likeness (QED) is 0.804. The molecule has 0 heterocycles. The van der Waals surface area contributed by atoms with Crippen LogP contribution in [-0.2, 0) is 4.79 Å². The number of carbonyl (C=O) groups excluding carboxylic acids is 1. The van der Waals surface area contributed by atoms with Gasteiger partial charge in [-0.3, -0.25) is 4.79 Å². The van der Waals surface area contributed by atoms with Gasteiger partial charge in [0.15, 0.2) is 0 Å². The molecule has 1 amide bonds. The predicted octanol–water partition coefficient (Wildman–Crippen LogP) is 3.09. The first-order chi connectivity index (χ1) is 9.41. The highest BCUT2D eigenvalue weighted by atomic mass is 16.3. The first kappa shape index (κ1) is 16.7. The van der Waals surface area contributed by atoms with Crippen molar-refractivity contribution in [3.8, 4) is 0 Å². The van der Waals surface area contributed by atoms with Gasteiger partial charge in [0.05, 0.1) is 5.92 Å². The molecule has 0 spiro atoms. The lowest BCUT2D eigenvalue weighted by atomic mass is 9.84. The summed E-state index contributed by atoms with van der Waals surface area (Å²) in [7, 11) is 0. The van der Waals surface area contributed by atoms with Crippen molar-refractivity contribution >= 4 is 5.91 Å². The smallest absolute Gasteiger partial charge is 0.228 e. The zero-order chi connectivity index (χ0) is 15.2. The highest BCUT2D eigenvalue weighted by molar-refractivity contribution is 5.84. The maximum absolute atomic E-state index is 12.6. The van der Waals surface area contributed by atoms with Gasteiger partial charge in [0.25, 0.3) is 0 Å². The minimum absolute atomic E-state index is 0.0454. The van der Waals surface area contributed by atoms with E-state index in [1.165, 1.54) is 0 Å². The van der Waals surface area contributed by atoms with E-state index in [0.29, 0.717) is 6.42 Å². The van der Waals surface area contributed by atoms with Crippen molar-refractivity contribution in [2.45, 2.75) is 52.0 Å². The van der Waals surface area contributed by atoms with Crippen molar-refractivity contribution in [2.75, 3.05) is 6.61 Å². The largest absolute Gasteiger partial charge is 0.396 e. The summed E-state index contributed by atoms with van der Waals surface area (Å²) < 4.78 is 0. The van der Waals surface area contributed by atoms with E-state index in [4.69, 9.17) is 5.11 Å². The van der Waals surface area contributed by atoms with Crippen LogP contribution in [0.3, 0.4) is 0 Å². The summed E-state index contributed by atoms with van der Waals surface area (Å²) in [5, 5.41) is 12.1. The second-order valence-electron chi connectivity index (χ2n) is 6.12. The summed E-state index contributed by atoms with van der Waals surface area (Å²) in [5.41, 5.74) is 0.672. The Morgan fingerprint density at radius 3 is 2.40 bits per heavy atom. The molecule has 0 saturated heterocycles. The molecular formula is C17H27NO2. The van der Waals surface area contributed by atoms with E-state index in [1.807, 2.05) is 44.2 Å². The topological polar surface area (TPSA) is 49.3 Å². The number of rotatable bonds is 7. The van der Waals surface area contributed by atoms with Crippen molar-refractivity contribution in [1.29, 1.82) is 0 Å². The lowest BCUT2D eigenvalue weighted by Crippen LogP contribution is -2.47. The number of aliphatic hydroxyl groups excluding tert-OH is 1. The van der Waals surface area contributed by atoms with Crippen LogP contribution < -0.4 is 5.32 Å². The fourth-order valence-electron chi connectivity index (χ4n) is 2.39. The van der Waals surface area contributed by atoms with Crippen molar-refractivity contribution in [2.24, 2.45) is 5.92 Å². The van der Waals surface area contributed by atoms with E-state index in [-0.39, 0.29) is 29.9 Å². The molecule has 0 aliphatic rings. The Morgan fingerprint density at radius 2 is 1.90 bits per heavy atom. The molecule has 1 rings (SSSR count). The van der Waals surface area contributed by atoms with Crippen LogP contribution in [0.25, 0.3) is 0 Å². The van der Waals surface area contributed by atoms with Gasteiger partial charge < -0.3 is 10.4 Å². The van der Waals surface area contributed by atoms with Crippen LogP contribution in [0, 0.1) is 5.92 Å². The number of carbonyl (C=O) groups is 1. The molecule has 0 fully saturated rings. The Bertz CT molecular complexity index is 414. The Labute approximate surface area is 122 Å². The fraction of sp³-hybridized carbons (Fsp3) is 0.588. The van der Waals surface area contributed by atoms with Crippen molar-refractivity contribution in [1.82, 2.24) is 5.32 Å². The molecule has 20 heavy (non-hydrogen) atoms. The van der Waals surface area contributed by atoms with Crippen molar-refractivity contribution in [3.05, 3.63) is 35.9 Å². The van der Waals surface area contributed by atoms with Crippen LogP contribution in [0.2, 0.25) is 0 Å². The lowest BCUT2D eigenvalue weighted by Gasteiger charge is -2.30. The standard InChI is InChI=1S/C17H27NO2/c1-5-13(2)15(14-9-7-6-8-10-14)16(20)18-17(3,4)11-12-19/h6-10,13,15,19H,5,11-12H2,1-4H3,(H,18,20). The third-order valence-corrected chi connectivity index (χ3v) is 3.85. The summed E-state index contributed by atoms with van der Waals surface area (Å²) >= 11 is 0. The van der Waals surface area contributed by atoms with Crippen LogP contribution in [0.4, 0.5) is 0 Å². The average Bonchev–Trinajstić information content (AvgIpc) is 2.39. The summed E-state index contributed by atoms with van der Waals surface area (Å²) in [6.07, 6.45) is 1.51. The highest BCUT2D eigenvalue weighted by Crippen LogP contribution is 2.28. The van der Waals surface area contributed by atoms with Gasteiger partial charge in [-0.2, -0.15) is 0 Å². The normalized spacial score (nSPS) is 14.7. The first-order valence-corrected chi connectivity index (χ1v) is 7.39. The van der Waals surface area contributed by atoms with Crippen LogP contribution in [-0.4, -0.2) is 23.2 Å². The molecule has 0 radical (unpaired) electrons. The highest BCUT2D eigenvalue weighted by Gasteiger charge is 2.29.